The lowest BCUT2D eigenvalue weighted by Crippen LogP contribution is -2.18. The Morgan fingerprint density at radius 3 is 2.26 bits per heavy atom. The summed E-state index contributed by atoms with van der Waals surface area (Å²) in [5.74, 6) is -3.40. The summed E-state index contributed by atoms with van der Waals surface area (Å²) < 4.78 is 44.7. The molecule has 0 saturated carbocycles. The Balaban J connectivity index is 1.97. The lowest BCUT2D eigenvalue weighted by atomic mass is 10.00. The number of fused-ring (bicyclic) bond motifs is 1. The zero-order valence-corrected chi connectivity index (χ0v) is 15.9. The smallest absolute Gasteiger partial charge is 0.271 e. The summed E-state index contributed by atoms with van der Waals surface area (Å²) in [5.41, 5.74) is 1.82. The highest BCUT2D eigenvalue weighted by Crippen LogP contribution is 2.30. The van der Waals surface area contributed by atoms with E-state index in [2.05, 4.69) is 11.8 Å². The second-order valence-corrected chi connectivity index (χ2v) is 6.64. The first-order chi connectivity index (χ1) is 14.9. The number of rotatable bonds is 4. The lowest BCUT2D eigenvalue weighted by molar-refractivity contribution is 0.0954. The zero-order valence-electron chi connectivity index (χ0n) is 15.9. The molecule has 0 saturated heterocycles. The van der Waals surface area contributed by atoms with Crippen LogP contribution in [0, 0.1) is 17.5 Å². The van der Waals surface area contributed by atoms with Crippen molar-refractivity contribution >= 4 is 18.1 Å². The van der Waals surface area contributed by atoms with E-state index in [9.17, 15) is 22.8 Å². The molecule has 8 heteroatoms. The van der Waals surface area contributed by atoms with E-state index in [4.69, 9.17) is 0 Å². The van der Waals surface area contributed by atoms with Gasteiger partial charge in [-0.1, -0.05) is 6.07 Å². The molecule has 0 radical (unpaired) electrons. The van der Waals surface area contributed by atoms with Crippen LogP contribution >= 0.6 is 0 Å². The second-order valence-electron chi connectivity index (χ2n) is 6.64. The molecule has 0 aliphatic carbocycles. The number of hydrazone groups is 1. The fourth-order valence-corrected chi connectivity index (χ4v) is 3.42. The van der Waals surface area contributed by atoms with Crippen LogP contribution in [-0.4, -0.2) is 17.0 Å². The average Bonchev–Trinajstić information content (AvgIpc) is 2.75. The number of nitrogens with zero attached hydrogens (tertiary/aromatic N) is 2. The molecule has 1 N–H and O–H groups in total. The number of halogens is 3. The van der Waals surface area contributed by atoms with Crippen molar-refractivity contribution in [3.63, 3.8) is 0 Å². The topological polar surface area (TPSA) is 62.9 Å². The largest absolute Gasteiger partial charge is 0.316 e. The van der Waals surface area contributed by atoms with Crippen LogP contribution in [0.2, 0.25) is 0 Å². The number of carbonyl (C=O) groups excluding carboxylic acids is 1. The van der Waals surface area contributed by atoms with Crippen LogP contribution in [0.5, 0.6) is 0 Å². The van der Waals surface area contributed by atoms with Crippen LogP contribution in [0.15, 0.2) is 76.8 Å². The quantitative estimate of drug-likeness (QED) is 0.392. The first-order valence-electron chi connectivity index (χ1n) is 9.06. The number of benzene rings is 2. The lowest BCUT2D eigenvalue weighted by Gasteiger charge is -2.14. The molecule has 2 aromatic heterocycles. The van der Waals surface area contributed by atoms with Crippen LogP contribution < -0.4 is 10.9 Å². The predicted molar refractivity (Wildman–Crippen MR) is 111 cm³/mol. The Hall–Kier alpha value is -4.20. The molecule has 4 aromatic rings. The Labute approximate surface area is 174 Å². The molecule has 0 atom stereocenters. The van der Waals surface area contributed by atoms with Crippen molar-refractivity contribution in [3.8, 4) is 22.4 Å². The van der Waals surface area contributed by atoms with Crippen molar-refractivity contribution in [2.24, 2.45) is 5.10 Å². The van der Waals surface area contributed by atoms with E-state index < -0.39 is 34.4 Å². The van der Waals surface area contributed by atoms with Crippen LogP contribution in [0.1, 0.15) is 10.4 Å². The molecule has 31 heavy (non-hydrogen) atoms. The van der Waals surface area contributed by atoms with E-state index in [1.54, 1.807) is 34.7 Å². The minimum atomic E-state index is -1.08. The molecule has 2 heterocycles. The average molecular weight is 421 g/mol. The molecule has 0 aliphatic rings. The van der Waals surface area contributed by atoms with Gasteiger partial charge in [0.2, 0.25) is 0 Å². The number of pyridine rings is 2. The van der Waals surface area contributed by atoms with Crippen molar-refractivity contribution < 1.29 is 18.0 Å². The molecule has 0 bridgehead atoms. The normalized spacial score (nSPS) is 10.8. The summed E-state index contributed by atoms with van der Waals surface area (Å²) in [5, 5.41) is 3.18. The van der Waals surface area contributed by atoms with E-state index in [0.717, 1.165) is 12.1 Å². The fourth-order valence-electron chi connectivity index (χ4n) is 3.42. The Kier molecular flexibility index (Phi) is 5.12. The molecule has 0 fully saturated rings. The first-order valence-corrected chi connectivity index (χ1v) is 9.06. The number of carbonyl (C=O) groups is 1. The van der Waals surface area contributed by atoms with Crippen LogP contribution in [0.4, 0.5) is 13.2 Å². The highest BCUT2D eigenvalue weighted by molar-refractivity contribution is 5.95. The van der Waals surface area contributed by atoms with Gasteiger partial charge in [0.1, 0.15) is 17.5 Å². The van der Waals surface area contributed by atoms with Gasteiger partial charge >= 0.3 is 0 Å². The van der Waals surface area contributed by atoms with Crippen molar-refractivity contribution in [1.82, 2.24) is 9.83 Å². The number of nitrogens with one attached hydrogen (secondary N) is 1. The molecular weight excluding hydrogens is 407 g/mol. The summed E-state index contributed by atoms with van der Waals surface area (Å²) in [6.07, 6.45) is 1.48. The third-order valence-corrected chi connectivity index (χ3v) is 4.78. The fraction of sp³-hybridized carbons (Fsp3) is 0. The van der Waals surface area contributed by atoms with Crippen molar-refractivity contribution in [2.75, 3.05) is 0 Å². The van der Waals surface area contributed by atoms with Gasteiger partial charge in [0.25, 0.3) is 5.91 Å². The van der Waals surface area contributed by atoms with E-state index in [1.807, 2.05) is 5.43 Å². The van der Waals surface area contributed by atoms with Gasteiger partial charge in [-0.25, -0.2) is 18.6 Å². The monoisotopic (exact) mass is 421 g/mol. The maximum atomic E-state index is 14.9. The van der Waals surface area contributed by atoms with E-state index >= 15 is 0 Å². The Morgan fingerprint density at radius 1 is 0.935 bits per heavy atom. The molecule has 0 spiro atoms. The number of hydrogen-bond donors (Lipinski definition) is 1. The van der Waals surface area contributed by atoms with Crippen LogP contribution in [-0.2, 0) is 0 Å². The maximum absolute atomic E-state index is 14.9. The number of aromatic nitrogens is 1. The third kappa shape index (κ3) is 3.59. The van der Waals surface area contributed by atoms with Gasteiger partial charge < -0.3 is 4.40 Å². The van der Waals surface area contributed by atoms with Gasteiger partial charge in [-0.2, -0.15) is 5.10 Å². The zero-order chi connectivity index (χ0) is 22.1. The number of amides is 1. The summed E-state index contributed by atoms with van der Waals surface area (Å²) in [6, 6.07) is 13.5. The standard InChI is InChI=1S/C23H14F3N3O2/c1-27-28-23(31)14-11-16(25)21(17(26)12-14)22-19-4-2-3-18(29(19)10-9-20(22)30)13-5-7-15(24)8-6-13/h2-12H,1H2,(H,28,31). The van der Waals surface area contributed by atoms with E-state index in [0.29, 0.717) is 11.3 Å². The van der Waals surface area contributed by atoms with Crippen molar-refractivity contribution in [2.45, 2.75) is 0 Å². The molecule has 4 rings (SSSR count). The Bertz CT molecular complexity index is 1370. The maximum Gasteiger partial charge on any atom is 0.271 e. The van der Waals surface area contributed by atoms with E-state index in [1.165, 1.54) is 24.4 Å². The number of hydrogen-bond acceptors (Lipinski definition) is 3. The summed E-state index contributed by atoms with van der Waals surface area (Å²) in [7, 11) is 0. The SMILES string of the molecule is C=NNC(=O)c1cc(F)c(-c2c(=O)ccn3c(-c4ccc(F)cc4)cccc23)c(F)c1. The van der Waals surface area contributed by atoms with Crippen molar-refractivity contribution in [1.29, 1.82) is 0 Å². The third-order valence-electron chi connectivity index (χ3n) is 4.78. The highest BCUT2D eigenvalue weighted by atomic mass is 19.1. The highest BCUT2D eigenvalue weighted by Gasteiger charge is 2.21. The summed E-state index contributed by atoms with van der Waals surface area (Å²) in [4.78, 5) is 24.5. The first kappa shape index (κ1) is 20.1. The Morgan fingerprint density at radius 2 is 1.61 bits per heavy atom. The van der Waals surface area contributed by atoms with Crippen LogP contribution in [0.25, 0.3) is 27.9 Å². The van der Waals surface area contributed by atoms with Gasteiger partial charge in [-0.15, -0.1) is 0 Å². The molecule has 5 nitrogen and oxygen atoms in total. The van der Waals surface area contributed by atoms with Gasteiger partial charge in [-0.05, 0) is 54.1 Å². The molecule has 0 aliphatic heterocycles. The second kappa shape index (κ2) is 7.91. The van der Waals surface area contributed by atoms with Gasteiger partial charge in [0, 0.05) is 24.5 Å². The van der Waals surface area contributed by atoms with Gasteiger partial charge in [0.15, 0.2) is 5.43 Å². The molecule has 1 amide bonds. The molecule has 154 valence electrons. The predicted octanol–water partition coefficient (Wildman–Crippen LogP) is 4.40. The van der Waals surface area contributed by atoms with Gasteiger partial charge in [0.05, 0.1) is 22.3 Å². The minimum absolute atomic E-state index is 0.199. The molecular formula is C23H14F3N3O2. The van der Waals surface area contributed by atoms with Crippen LogP contribution in [0.3, 0.4) is 0 Å². The summed E-state index contributed by atoms with van der Waals surface area (Å²) in [6.45, 7) is 3.09. The molecule has 2 aromatic carbocycles. The minimum Gasteiger partial charge on any atom is -0.316 e. The van der Waals surface area contributed by atoms with E-state index in [-0.39, 0.29) is 16.6 Å². The van der Waals surface area contributed by atoms with Crippen molar-refractivity contribution in [3.05, 3.63) is 100 Å². The summed E-state index contributed by atoms with van der Waals surface area (Å²) >= 11 is 0. The molecule has 0 unspecified atom stereocenters. The van der Waals surface area contributed by atoms with Gasteiger partial charge in [-0.3, -0.25) is 9.59 Å².